The molecule has 0 unspecified atom stereocenters. The molecule has 2 rings (SSSR count). The lowest BCUT2D eigenvalue weighted by Gasteiger charge is -2.30. The fraction of sp³-hybridized carbons (Fsp3) is 0.778. The molecule has 1 aliphatic heterocycles. The van der Waals surface area contributed by atoms with Crippen molar-refractivity contribution in [3.8, 4) is 0 Å². The molecule has 1 aromatic heterocycles. The number of hydrogen-bond acceptors (Lipinski definition) is 4. The van der Waals surface area contributed by atoms with Crippen LogP contribution in [0.2, 0.25) is 0 Å². The van der Waals surface area contributed by atoms with Crippen LogP contribution in [0.15, 0.2) is 0 Å². The molecule has 0 aromatic carbocycles. The quantitative estimate of drug-likeness (QED) is 0.688. The Kier molecular flexibility index (Phi) is 2.41. The molecule has 0 spiro atoms. The normalized spacial score (nSPS) is 18.9. The minimum Gasteiger partial charge on any atom is -0.341 e. The highest BCUT2D eigenvalue weighted by atomic mass is 15.4. The third-order valence-electron chi connectivity index (χ3n) is 2.89. The third kappa shape index (κ3) is 1.59. The summed E-state index contributed by atoms with van der Waals surface area (Å²) in [6, 6.07) is 0.362. The molecule has 0 bridgehead atoms. The predicted octanol–water partition coefficient (Wildman–Crippen LogP) is 0.0510. The first kappa shape index (κ1) is 9.45. The van der Waals surface area contributed by atoms with Gasteiger partial charge in [0.15, 0.2) is 0 Å². The topological polar surface area (TPSA) is 60.0 Å². The summed E-state index contributed by atoms with van der Waals surface area (Å²) in [5.74, 6) is 1.92. The lowest BCUT2D eigenvalue weighted by Crippen LogP contribution is -2.40. The molecule has 0 radical (unpaired) electrons. The number of hydrogen-bond donors (Lipinski definition) is 1. The number of piperidine rings is 1. The fourth-order valence-corrected chi connectivity index (χ4v) is 1.77. The first-order valence-electron chi connectivity index (χ1n) is 5.05. The van der Waals surface area contributed by atoms with Crippen LogP contribution in [-0.4, -0.2) is 33.9 Å². The minimum absolute atomic E-state index is 0.362. The summed E-state index contributed by atoms with van der Waals surface area (Å²) in [4.78, 5) is 2.25. The van der Waals surface area contributed by atoms with Crippen molar-refractivity contribution in [2.24, 2.45) is 12.8 Å². The second kappa shape index (κ2) is 3.57. The van der Waals surface area contributed by atoms with Crippen LogP contribution in [0.4, 0.5) is 5.95 Å². The fourth-order valence-electron chi connectivity index (χ4n) is 1.77. The maximum absolute atomic E-state index is 5.85. The van der Waals surface area contributed by atoms with E-state index >= 15 is 0 Å². The van der Waals surface area contributed by atoms with Crippen LogP contribution in [0.3, 0.4) is 0 Å². The average Bonchev–Trinajstić information content (AvgIpc) is 2.50. The van der Waals surface area contributed by atoms with Crippen LogP contribution >= 0.6 is 0 Å². The van der Waals surface area contributed by atoms with Gasteiger partial charge in [0, 0.05) is 26.2 Å². The maximum Gasteiger partial charge on any atom is 0.226 e. The summed E-state index contributed by atoms with van der Waals surface area (Å²) in [6.07, 6.45) is 2.10. The molecule has 1 aliphatic rings. The summed E-state index contributed by atoms with van der Waals surface area (Å²) >= 11 is 0. The van der Waals surface area contributed by atoms with Crippen LogP contribution in [0.5, 0.6) is 0 Å². The summed E-state index contributed by atoms with van der Waals surface area (Å²) in [6.45, 7) is 3.95. The van der Waals surface area contributed by atoms with Gasteiger partial charge in [0.2, 0.25) is 5.95 Å². The van der Waals surface area contributed by atoms with Crippen molar-refractivity contribution in [1.29, 1.82) is 0 Å². The number of nitrogens with two attached hydrogens (primary N) is 1. The molecule has 1 aromatic rings. The summed E-state index contributed by atoms with van der Waals surface area (Å²) in [7, 11) is 2.00. The molecule has 0 saturated carbocycles. The number of nitrogens with zero attached hydrogens (tertiary/aromatic N) is 4. The van der Waals surface area contributed by atoms with Gasteiger partial charge in [-0.2, -0.15) is 0 Å². The monoisotopic (exact) mass is 195 g/mol. The molecular weight excluding hydrogens is 178 g/mol. The van der Waals surface area contributed by atoms with Crippen molar-refractivity contribution in [3.05, 3.63) is 5.82 Å². The number of anilines is 1. The SMILES string of the molecule is Cc1nnc(N2CCC(N)CC2)n1C. The van der Waals surface area contributed by atoms with E-state index in [0.717, 1.165) is 37.7 Å². The largest absolute Gasteiger partial charge is 0.341 e. The predicted molar refractivity (Wildman–Crippen MR) is 55.2 cm³/mol. The molecule has 1 saturated heterocycles. The van der Waals surface area contributed by atoms with Crippen molar-refractivity contribution in [2.45, 2.75) is 25.8 Å². The Bertz CT molecular complexity index is 311. The molecule has 2 N–H and O–H groups in total. The average molecular weight is 195 g/mol. The lowest BCUT2D eigenvalue weighted by molar-refractivity contribution is 0.492. The Labute approximate surface area is 83.9 Å². The number of rotatable bonds is 1. The van der Waals surface area contributed by atoms with E-state index in [1.807, 2.05) is 18.5 Å². The van der Waals surface area contributed by atoms with Crippen molar-refractivity contribution in [2.75, 3.05) is 18.0 Å². The highest BCUT2D eigenvalue weighted by molar-refractivity contribution is 5.31. The molecule has 0 aliphatic carbocycles. The van der Waals surface area contributed by atoms with Crippen LogP contribution in [0.1, 0.15) is 18.7 Å². The van der Waals surface area contributed by atoms with E-state index < -0.39 is 0 Å². The highest BCUT2D eigenvalue weighted by Gasteiger charge is 2.20. The maximum atomic E-state index is 5.85. The Morgan fingerprint density at radius 1 is 1.29 bits per heavy atom. The molecule has 5 heteroatoms. The summed E-state index contributed by atoms with van der Waals surface area (Å²) in [5, 5.41) is 8.21. The van der Waals surface area contributed by atoms with Gasteiger partial charge < -0.3 is 15.2 Å². The Hall–Kier alpha value is -1.10. The minimum atomic E-state index is 0.362. The van der Waals surface area contributed by atoms with E-state index in [9.17, 15) is 0 Å². The van der Waals surface area contributed by atoms with Crippen LogP contribution in [0, 0.1) is 6.92 Å². The zero-order valence-electron chi connectivity index (χ0n) is 8.77. The van der Waals surface area contributed by atoms with Gasteiger partial charge in [0.25, 0.3) is 0 Å². The molecule has 0 amide bonds. The van der Waals surface area contributed by atoms with Gasteiger partial charge in [-0.3, -0.25) is 0 Å². The van der Waals surface area contributed by atoms with Gasteiger partial charge in [-0.15, -0.1) is 10.2 Å². The third-order valence-corrected chi connectivity index (χ3v) is 2.89. The number of aryl methyl sites for hydroxylation is 1. The van der Waals surface area contributed by atoms with E-state index in [4.69, 9.17) is 5.73 Å². The molecule has 5 nitrogen and oxygen atoms in total. The van der Waals surface area contributed by atoms with Crippen LogP contribution in [0.25, 0.3) is 0 Å². The van der Waals surface area contributed by atoms with Crippen molar-refractivity contribution in [1.82, 2.24) is 14.8 Å². The van der Waals surface area contributed by atoms with E-state index in [0.29, 0.717) is 6.04 Å². The Balaban J connectivity index is 2.12. The van der Waals surface area contributed by atoms with Crippen molar-refractivity contribution in [3.63, 3.8) is 0 Å². The zero-order chi connectivity index (χ0) is 10.1. The van der Waals surface area contributed by atoms with E-state index in [1.165, 1.54) is 0 Å². The van der Waals surface area contributed by atoms with Gasteiger partial charge in [0.1, 0.15) is 5.82 Å². The van der Waals surface area contributed by atoms with E-state index in [1.54, 1.807) is 0 Å². The standard InChI is InChI=1S/C9H17N5/c1-7-11-12-9(13(7)2)14-5-3-8(10)4-6-14/h8H,3-6,10H2,1-2H3. The molecule has 2 heterocycles. The van der Waals surface area contributed by atoms with Crippen LogP contribution in [-0.2, 0) is 7.05 Å². The zero-order valence-corrected chi connectivity index (χ0v) is 8.77. The first-order chi connectivity index (χ1) is 6.68. The summed E-state index contributed by atoms with van der Waals surface area (Å²) < 4.78 is 2.02. The second-order valence-electron chi connectivity index (χ2n) is 3.93. The van der Waals surface area contributed by atoms with E-state index in [2.05, 4.69) is 15.1 Å². The summed E-state index contributed by atoms with van der Waals surface area (Å²) in [5.41, 5.74) is 5.85. The smallest absolute Gasteiger partial charge is 0.226 e. The molecule has 14 heavy (non-hydrogen) atoms. The van der Waals surface area contributed by atoms with Gasteiger partial charge in [0.05, 0.1) is 0 Å². The van der Waals surface area contributed by atoms with Gasteiger partial charge >= 0.3 is 0 Å². The molecular formula is C9H17N5. The van der Waals surface area contributed by atoms with Crippen molar-refractivity contribution >= 4 is 5.95 Å². The van der Waals surface area contributed by atoms with E-state index in [-0.39, 0.29) is 0 Å². The Morgan fingerprint density at radius 3 is 2.43 bits per heavy atom. The number of aromatic nitrogens is 3. The van der Waals surface area contributed by atoms with Gasteiger partial charge in [-0.1, -0.05) is 0 Å². The van der Waals surface area contributed by atoms with Gasteiger partial charge in [-0.25, -0.2) is 0 Å². The molecule has 0 atom stereocenters. The highest BCUT2D eigenvalue weighted by Crippen LogP contribution is 2.16. The second-order valence-corrected chi connectivity index (χ2v) is 3.93. The first-order valence-corrected chi connectivity index (χ1v) is 5.05. The molecule has 1 fully saturated rings. The van der Waals surface area contributed by atoms with Crippen LogP contribution < -0.4 is 10.6 Å². The molecule has 78 valence electrons. The lowest BCUT2D eigenvalue weighted by atomic mass is 10.1. The Morgan fingerprint density at radius 2 is 1.93 bits per heavy atom. The van der Waals surface area contributed by atoms with Gasteiger partial charge in [-0.05, 0) is 19.8 Å². The van der Waals surface area contributed by atoms with Crippen molar-refractivity contribution < 1.29 is 0 Å².